The predicted molar refractivity (Wildman–Crippen MR) is 190 cm³/mol. The van der Waals surface area contributed by atoms with Gasteiger partial charge in [0.1, 0.15) is 0 Å². The second-order valence-corrected chi connectivity index (χ2v) is 14.4. The molecule has 4 heterocycles. The SMILES string of the molecule is Cc1ccc(S(=O)(=O)n2cc(-c3ccc(C(=O)N(C)C)cc3)c3cc(-c4ccc(N5CCN(C)CC5)c(-c5ccoc5)c4)cnc32)cc1. The summed E-state index contributed by atoms with van der Waals surface area (Å²) in [5.41, 5.74) is 8.31. The molecule has 1 fully saturated rings. The molecule has 10 heteroatoms. The zero-order valence-corrected chi connectivity index (χ0v) is 28.2. The second kappa shape index (κ2) is 12.4. The number of nitrogens with zero attached hydrogens (tertiary/aromatic N) is 5. The Hall–Kier alpha value is -5.19. The number of aryl methyl sites for hydroxylation is 1. The summed E-state index contributed by atoms with van der Waals surface area (Å²) >= 11 is 0. The van der Waals surface area contributed by atoms with Gasteiger partial charge in [-0.1, -0.05) is 35.9 Å². The van der Waals surface area contributed by atoms with Gasteiger partial charge in [-0.2, -0.15) is 0 Å². The van der Waals surface area contributed by atoms with Crippen LogP contribution in [0, 0.1) is 6.92 Å². The average molecular weight is 660 g/mol. The van der Waals surface area contributed by atoms with Crippen LogP contribution in [-0.4, -0.2) is 80.4 Å². The number of amides is 1. The van der Waals surface area contributed by atoms with E-state index in [1.165, 1.54) is 8.87 Å². The number of likely N-dealkylation sites (N-methyl/N-ethyl adjacent to an activating group) is 1. The molecule has 0 radical (unpaired) electrons. The molecule has 1 saturated heterocycles. The third-order valence-corrected chi connectivity index (χ3v) is 10.7. The average Bonchev–Trinajstić information content (AvgIpc) is 3.77. The molecule has 0 saturated carbocycles. The molecule has 0 atom stereocenters. The van der Waals surface area contributed by atoms with Gasteiger partial charge in [-0.25, -0.2) is 17.4 Å². The van der Waals surface area contributed by atoms with E-state index in [9.17, 15) is 13.2 Å². The first-order chi connectivity index (χ1) is 23.1. The van der Waals surface area contributed by atoms with Crippen molar-refractivity contribution < 1.29 is 17.6 Å². The van der Waals surface area contributed by atoms with E-state index in [-0.39, 0.29) is 10.8 Å². The summed E-state index contributed by atoms with van der Waals surface area (Å²) in [6, 6.07) is 24.4. The number of hydrogen-bond donors (Lipinski definition) is 0. The van der Waals surface area contributed by atoms with E-state index in [1.54, 1.807) is 75.4 Å². The van der Waals surface area contributed by atoms with Gasteiger partial charge in [0.2, 0.25) is 0 Å². The molecule has 0 N–H and O–H groups in total. The molecule has 1 aliphatic rings. The molecule has 0 bridgehead atoms. The largest absolute Gasteiger partial charge is 0.472 e. The molecule has 0 spiro atoms. The number of rotatable bonds is 7. The summed E-state index contributed by atoms with van der Waals surface area (Å²) in [4.78, 5) is 23.8. The van der Waals surface area contributed by atoms with Gasteiger partial charge < -0.3 is 19.1 Å². The Labute approximate surface area is 280 Å². The van der Waals surface area contributed by atoms with Crippen molar-refractivity contribution in [1.29, 1.82) is 0 Å². The number of pyridine rings is 1. The summed E-state index contributed by atoms with van der Waals surface area (Å²) in [6.45, 7) is 5.76. The first-order valence-electron chi connectivity index (χ1n) is 15.9. The third kappa shape index (κ3) is 5.78. The van der Waals surface area contributed by atoms with Crippen LogP contribution >= 0.6 is 0 Å². The molecule has 6 aromatic rings. The van der Waals surface area contributed by atoms with Crippen LogP contribution < -0.4 is 4.90 Å². The van der Waals surface area contributed by atoms with Crippen molar-refractivity contribution in [3.63, 3.8) is 0 Å². The number of anilines is 1. The highest BCUT2D eigenvalue weighted by atomic mass is 32.2. The maximum Gasteiger partial charge on any atom is 0.269 e. The summed E-state index contributed by atoms with van der Waals surface area (Å²) in [6.07, 6.45) is 6.81. The number of fused-ring (bicyclic) bond motifs is 1. The maximum absolute atomic E-state index is 14.0. The molecular formula is C38H37N5O4S. The summed E-state index contributed by atoms with van der Waals surface area (Å²) in [5, 5.41) is 0.683. The minimum absolute atomic E-state index is 0.108. The van der Waals surface area contributed by atoms with Crippen molar-refractivity contribution in [2.24, 2.45) is 0 Å². The van der Waals surface area contributed by atoms with Crippen LogP contribution in [0.3, 0.4) is 0 Å². The van der Waals surface area contributed by atoms with Crippen molar-refractivity contribution in [3.8, 4) is 33.4 Å². The highest BCUT2D eigenvalue weighted by Crippen LogP contribution is 2.38. The minimum Gasteiger partial charge on any atom is -0.472 e. The Balaban J connectivity index is 1.37. The van der Waals surface area contributed by atoms with Crippen molar-refractivity contribution in [3.05, 3.63) is 115 Å². The predicted octanol–water partition coefficient (Wildman–Crippen LogP) is 6.63. The molecule has 0 aliphatic carbocycles. The highest BCUT2D eigenvalue weighted by molar-refractivity contribution is 7.90. The van der Waals surface area contributed by atoms with E-state index in [1.807, 2.05) is 31.2 Å². The lowest BCUT2D eigenvalue weighted by Crippen LogP contribution is -2.44. The fourth-order valence-corrected chi connectivity index (χ4v) is 7.54. The zero-order chi connectivity index (χ0) is 33.6. The number of piperazine rings is 1. The molecule has 3 aromatic heterocycles. The van der Waals surface area contributed by atoms with E-state index in [2.05, 4.69) is 35.0 Å². The van der Waals surface area contributed by atoms with E-state index in [4.69, 9.17) is 9.40 Å². The Kier molecular flexibility index (Phi) is 8.14. The van der Waals surface area contributed by atoms with Gasteiger partial charge in [0, 0.05) is 91.6 Å². The van der Waals surface area contributed by atoms with Crippen LogP contribution in [0.1, 0.15) is 15.9 Å². The van der Waals surface area contributed by atoms with E-state index in [0.29, 0.717) is 22.2 Å². The summed E-state index contributed by atoms with van der Waals surface area (Å²) < 4.78 is 34.8. The fourth-order valence-electron chi connectivity index (χ4n) is 6.21. The summed E-state index contributed by atoms with van der Waals surface area (Å²) in [5.74, 6) is -0.108. The van der Waals surface area contributed by atoms with Gasteiger partial charge in [-0.3, -0.25) is 4.79 Å². The van der Waals surface area contributed by atoms with Crippen LogP contribution in [0.4, 0.5) is 5.69 Å². The molecule has 48 heavy (non-hydrogen) atoms. The van der Waals surface area contributed by atoms with E-state index in [0.717, 1.165) is 65.2 Å². The van der Waals surface area contributed by atoms with Crippen LogP contribution in [0.15, 0.2) is 113 Å². The first kappa shape index (κ1) is 31.4. The van der Waals surface area contributed by atoms with Gasteiger partial charge >= 0.3 is 0 Å². The fraction of sp³-hybridized carbons (Fsp3) is 0.211. The van der Waals surface area contributed by atoms with E-state index < -0.39 is 10.0 Å². The standard InChI is InChI=1S/C38H37N5O4S/c1-26-5-12-32(13-6-26)48(45,46)43-24-35(27-7-9-28(10-8-27)38(44)40(2)3)34-22-31(23-39-37(34)43)29-11-14-36(42-18-16-41(4)17-19-42)33(21-29)30-15-20-47-25-30/h5-15,20-25H,16-19H2,1-4H3. The van der Waals surface area contributed by atoms with Gasteiger partial charge in [0.25, 0.3) is 15.9 Å². The summed E-state index contributed by atoms with van der Waals surface area (Å²) in [7, 11) is 1.60. The van der Waals surface area contributed by atoms with Gasteiger partial charge in [0.05, 0.1) is 17.4 Å². The molecule has 3 aromatic carbocycles. The number of furan rings is 1. The number of carbonyl (C=O) groups is 1. The monoisotopic (exact) mass is 659 g/mol. The lowest BCUT2D eigenvalue weighted by molar-refractivity contribution is 0.0827. The number of benzene rings is 3. The van der Waals surface area contributed by atoms with Crippen molar-refractivity contribution >= 4 is 32.7 Å². The Bertz CT molecular complexity index is 2210. The van der Waals surface area contributed by atoms with Crippen molar-refractivity contribution in [2.45, 2.75) is 11.8 Å². The quantitative estimate of drug-likeness (QED) is 0.190. The maximum atomic E-state index is 14.0. The topological polar surface area (TPSA) is 91.9 Å². The molecule has 244 valence electrons. The Morgan fingerprint density at radius 1 is 0.812 bits per heavy atom. The molecule has 7 rings (SSSR count). The van der Waals surface area contributed by atoms with Crippen LogP contribution in [0.2, 0.25) is 0 Å². The lowest BCUT2D eigenvalue weighted by Gasteiger charge is -2.35. The Morgan fingerprint density at radius 3 is 2.19 bits per heavy atom. The number of hydrogen-bond acceptors (Lipinski definition) is 7. The zero-order valence-electron chi connectivity index (χ0n) is 27.4. The molecule has 1 amide bonds. The molecule has 9 nitrogen and oxygen atoms in total. The second-order valence-electron chi connectivity index (χ2n) is 12.6. The van der Waals surface area contributed by atoms with Crippen molar-refractivity contribution in [1.82, 2.24) is 18.8 Å². The van der Waals surface area contributed by atoms with Gasteiger partial charge in [-0.15, -0.1) is 0 Å². The van der Waals surface area contributed by atoms with Gasteiger partial charge in [0.15, 0.2) is 5.65 Å². The van der Waals surface area contributed by atoms with Crippen LogP contribution in [0.25, 0.3) is 44.4 Å². The first-order valence-corrected chi connectivity index (χ1v) is 17.3. The number of aromatic nitrogens is 2. The minimum atomic E-state index is -3.96. The van der Waals surface area contributed by atoms with Crippen LogP contribution in [0.5, 0.6) is 0 Å². The molecule has 0 unspecified atom stereocenters. The van der Waals surface area contributed by atoms with Gasteiger partial charge in [-0.05, 0) is 73.6 Å². The van der Waals surface area contributed by atoms with Crippen molar-refractivity contribution in [2.75, 3.05) is 52.2 Å². The highest BCUT2D eigenvalue weighted by Gasteiger charge is 2.24. The van der Waals surface area contributed by atoms with Crippen LogP contribution in [-0.2, 0) is 10.0 Å². The third-order valence-electron chi connectivity index (χ3n) is 9.04. The lowest BCUT2D eigenvalue weighted by atomic mass is 9.97. The number of carbonyl (C=O) groups excluding carboxylic acids is 1. The Morgan fingerprint density at radius 2 is 1.52 bits per heavy atom. The normalized spacial score (nSPS) is 14.0. The van der Waals surface area contributed by atoms with E-state index >= 15 is 0 Å². The molecular weight excluding hydrogens is 623 g/mol. The molecule has 1 aliphatic heterocycles. The smallest absolute Gasteiger partial charge is 0.269 e.